The van der Waals surface area contributed by atoms with Gasteiger partial charge in [0.25, 0.3) is 5.91 Å². The van der Waals surface area contributed by atoms with Crippen molar-refractivity contribution in [2.75, 3.05) is 44.2 Å². The Morgan fingerprint density at radius 2 is 1.79 bits per heavy atom. The number of carbonyl (C=O) groups excluding carboxylic acids is 1. The van der Waals surface area contributed by atoms with Crippen molar-refractivity contribution in [3.05, 3.63) is 75.4 Å². The maximum atomic E-state index is 12.6. The van der Waals surface area contributed by atoms with E-state index in [0.29, 0.717) is 17.3 Å². The fraction of sp³-hybridized carbons (Fsp3) is 0.348. The number of amides is 1. The molecule has 0 radical (unpaired) electrons. The first-order chi connectivity index (χ1) is 16.0. The molecule has 0 aliphatic carbocycles. The van der Waals surface area contributed by atoms with E-state index in [9.17, 15) is 9.59 Å². The Morgan fingerprint density at radius 1 is 1.09 bits per heavy atom. The van der Waals surface area contributed by atoms with Gasteiger partial charge in [0, 0.05) is 61.9 Å². The highest BCUT2D eigenvalue weighted by Gasteiger charge is 2.19. The van der Waals surface area contributed by atoms with E-state index < -0.39 is 11.3 Å². The number of hydrogen-bond acceptors (Lipinski definition) is 7. The topological polar surface area (TPSA) is 96.2 Å². The summed E-state index contributed by atoms with van der Waals surface area (Å²) in [5, 5.41) is 7.73. The molecule has 1 aliphatic rings. The lowest BCUT2D eigenvalue weighted by molar-refractivity contribution is 0.0943. The van der Waals surface area contributed by atoms with Crippen LogP contribution in [0.4, 0.5) is 5.95 Å². The quantitative estimate of drug-likeness (QED) is 0.530. The second-order valence-electron chi connectivity index (χ2n) is 7.87. The molecule has 1 aliphatic heterocycles. The molecule has 1 amide bonds. The summed E-state index contributed by atoms with van der Waals surface area (Å²) in [6, 6.07) is 10.3. The molecule has 33 heavy (non-hydrogen) atoms. The minimum absolute atomic E-state index is 0.118. The van der Waals surface area contributed by atoms with E-state index in [4.69, 9.17) is 11.6 Å². The highest BCUT2D eigenvalue weighted by molar-refractivity contribution is 6.30. The van der Waals surface area contributed by atoms with Crippen LogP contribution >= 0.6 is 11.6 Å². The van der Waals surface area contributed by atoms with E-state index in [0.717, 1.165) is 50.8 Å². The third-order valence-corrected chi connectivity index (χ3v) is 5.79. The lowest BCUT2D eigenvalue weighted by atomic mass is 10.2. The highest BCUT2D eigenvalue weighted by atomic mass is 35.5. The summed E-state index contributed by atoms with van der Waals surface area (Å²) >= 11 is 5.95. The molecule has 3 heterocycles. The van der Waals surface area contributed by atoms with Gasteiger partial charge in [0.05, 0.1) is 5.69 Å². The number of carbonyl (C=O) groups is 1. The maximum Gasteiger partial charge on any atom is 0.275 e. The van der Waals surface area contributed by atoms with Crippen molar-refractivity contribution < 1.29 is 4.79 Å². The molecule has 10 heteroatoms. The molecule has 2 aromatic heterocycles. The van der Waals surface area contributed by atoms with Crippen molar-refractivity contribution in [3.8, 4) is 5.69 Å². The van der Waals surface area contributed by atoms with Crippen LogP contribution in [-0.2, 0) is 0 Å². The van der Waals surface area contributed by atoms with Gasteiger partial charge in [-0.05, 0) is 50.2 Å². The molecule has 0 bridgehead atoms. The van der Waals surface area contributed by atoms with Crippen molar-refractivity contribution >= 4 is 23.5 Å². The standard InChI is InChI=1S/C23H26ClN7O2/c1-17-16-20(32)21(28-31(17)19-6-4-18(24)5-7-19)22(33)25-10-3-11-29-12-14-30(15-13-29)23-26-8-2-9-27-23/h2,4-9,16H,3,10-15H2,1H3,(H,25,33). The third-order valence-electron chi connectivity index (χ3n) is 5.54. The van der Waals surface area contributed by atoms with Gasteiger partial charge in [-0.15, -0.1) is 0 Å². The monoisotopic (exact) mass is 467 g/mol. The predicted octanol–water partition coefficient (Wildman–Crippen LogP) is 1.93. The molecule has 0 spiro atoms. The summed E-state index contributed by atoms with van der Waals surface area (Å²) in [6.45, 7) is 6.67. The number of halogens is 1. The smallest absolute Gasteiger partial charge is 0.275 e. The third kappa shape index (κ3) is 5.74. The van der Waals surface area contributed by atoms with Crippen LogP contribution in [0.15, 0.2) is 53.6 Å². The van der Waals surface area contributed by atoms with E-state index in [1.165, 1.54) is 6.07 Å². The fourth-order valence-corrected chi connectivity index (χ4v) is 3.89. The predicted molar refractivity (Wildman–Crippen MR) is 127 cm³/mol. The SMILES string of the molecule is Cc1cc(=O)c(C(=O)NCCCN2CCN(c3ncccn3)CC2)nn1-c1ccc(Cl)cc1. The molecule has 1 fully saturated rings. The van der Waals surface area contributed by atoms with E-state index in [1.54, 1.807) is 48.3 Å². The Hall–Kier alpha value is -3.30. The summed E-state index contributed by atoms with van der Waals surface area (Å²) in [5.74, 6) is 0.299. The van der Waals surface area contributed by atoms with Crippen molar-refractivity contribution in [2.24, 2.45) is 0 Å². The largest absolute Gasteiger partial charge is 0.350 e. The van der Waals surface area contributed by atoms with E-state index in [-0.39, 0.29) is 5.69 Å². The van der Waals surface area contributed by atoms with Gasteiger partial charge >= 0.3 is 0 Å². The molecule has 9 nitrogen and oxygen atoms in total. The van der Waals surface area contributed by atoms with Crippen molar-refractivity contribution in [3.63, 3.8) is 0 Å². The first kappa shape index (κ1) is 22.9. The van der Waals surface area contributed by atoms with Crippen molar-refractivity contribution in [1.82, 2.24) is 30.0 Å². The molecule has 3 aromatic rings. The van der Waals surface area contributed by atoms with Gasteiger partial charge in [0.15, 0.2) is 5.69 Å². The molecular formula is C23H26ClN7O2. The highest BCUT2D eigenvalue weighted by Crippen LogP contribution is 2.14. The molecule has 172 valence electrons. The van der Waals surface area contributed by atoms with Crippen LogP contribution in [0.3, 0.4) is 0 Å². The number of benzene rings is 1. The van der Waals surface area contributed by atoms with Crippen LogP contribution in [-0.4, -0.2) is 69.8 Å². The number of nitrogens with one attached hydrogen (secondary N) is 1. The molecule has 0 saturated carbocycles. The van der Waals surface area contributed by atoms with Crippen molar-refractivity contribution in [1.29, 1.82) is 0 Å². The van der Waals surface area contributed by atoms with E-state index in [1.807, 2.05) is 6.07 Å². The van der Waals surface area contributed by atoms with E-state index in [2.05, 4.69) is 30.2 Å². The molecule has 0 atom stereocenters. The number of nitrogens with zero attached hydrogens (tertiary/aromatic N) is 6. The summed E-state index contributed by atoms with van der Waals surface area (Å²) in [5.41, 5.74) is 0.853. The number of aromatic nitrogens is 4. The van der Waals surface area contributed by atoms with Crippen molar-refractivity contribution in [2.45, 2.75) is 13.3 Å². The summed E-state index contributed by atoms with van der Waals surface area (Å²) in [4.78, 5) is 38.1. The van der Waals surface area contributed by atoms with Crippen LogP contribution in [0, 0.1) is 6.92 Å². The summed E-state index contributed by atoms with van der Waals surface area (Å²) in [7, 11) is 0. The molecule has 1 N–H and O–H groups in total. The van der Waals surface area contributed by atoms with Gasteiger partial charge in [0.2, 0.25) is 11.4 Å². The number of rotatable bonds is 7. The Bertz CT molecular complexity index is 1140. The Balaban J connectivity index is 1.28. The fourth-order valence-electron chi connectivity index (χ4n) is 3.76. The summed E-state index contributed by atoms with van der Waals surface area (Å²) < 4.78 is 1.57. The van der Waals surface area contributed by atoms with Gasteiger partial charge in [-0.1, -0.05) is 11.6 Å². The average Bonchev–Trinajstić information content (AvgIpc) is 2.83. The Labute approximate surface area is 197 Å². The van der Waals surface area contributed by atoms with Crippen LogP contribution in [0.2, 0.25) is 5.02 Å². The first-order valence-electron chi connectivity index (χ1n) is 10.9. The number of hydrogen-bond donors (Lipinski definition) is 1. The number of aryl methyl sites for hydroxylation is 1. The average molecular weight is 468 g/mol. The lowest BCUT2D eigenvalue weighted by Gasteiger charge is -2.34. The molecule has 4 rings (SSSR count). The zero-order valence-electron chi connectivity index (χ0n) is 18.4. The van der Waals surface area contributed by atoms with Crippen LogP contribution in [0.1, 0.15) is 22.6 Å². The van der Waals surface area contributed by atoms with Gasteiger partial charge in [-0.3, -0.25) is 14.5 Å². The van der Waals surface area contributed by atoms with Crippen LogP contribution in [0.25, 0.3) is 5.69 Å². The van der Waals surface area contributed by atoms with Gasteiger partial charge in [-0.2, -0.15) is 5.10 Å². The molecular weight excluding hydrogens is 442 g/mol. The second-order valence-corrected chi connectivity index (χ2v) is 8.31. The number of piperazine rings is 1. The Kier molecular flexibility index (Phi) is 7.31. The van der Waals surface area contributed by atoms with Crippen LogP contribution < -0.4 is 15.6 Å². The van der Waals surface area contributed by atoms with Gasteiger partial charge in [0.1, 0.15) is 0 Å². The minimum Gasteiger partial charge on any atom is -0.350 e. The minimum atomic E-state index is -0.464. The number of anilines is 1. The summed E-state index contributed by atoms with van der Waals surface area (Å²) in [6.07, 6.45) is 4.29. The molecule has 1 saturated heterocycles. The van der Waals surface area contributed by atoms with Gasteiger partial charge < -0.3 is 10.2 Å². The molecule has 0 unspecified atom stereocenters. The molecule has 1 aromatic carbocycles. The van der Waals surface area contributed by atoms with Crippen LogP contribution in [0.5, 0.6) is 0 Å². The second kappa shape index (κ2) is 10.5. The zero-order valence-corrected chi connectivity index (χ0v) is 19.2. The first-order valence-corrected chi connectivity index (χ1v) is 11.3. The maximum absolute atomic E-state index is 12.6. The zero-order chi connectivity index (χ0) is 23.2. The normalized spacial score (nSPS) is 14.3. The lowest BCUT2D eigenvalue weighted by Crippen LogP contribution is -2.47. The van der Waals surface area contributed by atoms with E-state index >= 15 is 0 Å². The Morgan fingerprint density at radius 3 is 2.48 bits per heavy atom. The van der Waals surface area contributed by atoms with Gasteiger partial charge in [-0.25, -0.2) is 14.6 Å².